The molecule has 1 aromatic rings. The second-order valence-corrected chi connectivity index (χ2v) is 3.35. The minimum atomic E-state index is -0.162. The topological polar surface area (TPSA) is 75.7 Å². The van der Waals surface area contributed by atoms with E-state index in [0.29, 0.717) is 19.6 Å². The Morgan fingerprint density at radius 3 is 2.80 bits per heavy atom. The van der Waals surface area contributed by atoms with Gasteiger partial charge in [0.05, 0.1) is 12.7 Å². The Labute approximate surface area is 98.4 Å². The molecule has 1 aromatic carbocycles. The highest BCUT2D eigenvalue weighted by Gasteiger charge is 2.23. The van der Waals surface area contributed by atoms with Gasteiger partial charge in [-0.25, -0.2) is 0 Å². The van der Waals surface area contributed by atoms with E-state index in [1.54, 1.807) is 6.07 Å². The molecule has 0 saturated heterocycles. The number of phenols is 2. The number of fused-ring (bicyclic) bond motifs is 1. The molecule has 1 heterocycles. The molecule has 0 bridgehead atoms. The van der Waals surface area contributed by atoms with Crippen LogP contribution in [0.15, 0.2) is 12.1 Å². The fraction of sp³-hybridized carbons (Fsp3) is 0.400. The highest BCUT2D eigenvalue weighted by atomic mass is 79.9. The maximum absolute atomic E-state index is 9.61. The third-order valence-electron chi connectivity index (χ3n) is 2.53. The van der Waals surface area contributed by atoms with Crippen molar-refractivity contribution in [3.63, 3.8) is 0 Å². The predicted molar refractivity (Wildman–Crippen MR) is 61.5 cm³/mol. The molecule has 0 radical (unpaired) electrons. The van der Waals surface area contributed by atoms with Crippen molar-refractivity contribution in [3.8, 4) is 11.5 Å². The fourth-order valence-electron chi connectivity index (χ4n) is 1.79. The Hall–Kier alpha value is -0.780. The molecule has 2 rings (SSSR count). The van der Waals surface area contributed by atoms with Gasteiger partial charge in [-0.2, -0.15) is 0 Å². The zero-order valence-corrected chi connectivity index (χ0v) is 9.85. The van der Waals surface area contributed by atoms with Gasteiger partial charge in [-0.3, -0.25) is 0 Å². The molecule has 1 atom stereocenters. The van der Waals surface area contributed by atoms with E-state index >= 15 is 0 Å². The van der Waals surface area contributed by atoms with E-state index in [-0.39, 0.29) is 34.6 Å². The summed E-state index contributed by atoms with van der Waals surface area (Å²) in [6.07, 6.45) is 0.455. The van der Waals surface area contributed by atoms with Gasteiger partial charge in [-0.15, -0.1) is 17.0 Å². The number of phenolic OH excluding ortho intramolecular Hbond substituents is 2. The van der Waals surface area contributed by atoms with Crippen LogP contribution in [0.3, 0.4) is 0 Å². The first-order valence-electron chi connectivity index (χ1n) is 4.59. The minimum absolute atomic E-state index is 0. The highest BCUT2D eigenvalue weighted by molar-refractivity contribution is 8.93. The summed E-state index contributed by atoms with van der Waals surface area (Å²) in [7, 11) is 0. The van der Waals surface area contributed by atoms with Crippen LogP contribution in [0.2, 0.25) is 0 Å². The normalized spacial score (nSPS) is 19.1. The molecule has 4 nitrogen and oxygen atoms in total. The van der Waals surface area contributed by atoms with E-state index in [0.717, 1.165) is 11.1 Å². The SMILES string of the molecule is Br.NCC1OCCc2c1ccc(O)c2O. The van der Waals surface area contributed by atoms with Gasteiger partial charge >= 0.3 is 0 Å². The molecule has 4 N–H and O–H groups in total. The highest BCUT2D eigenvalue weighted by Crippen LogP contribution is 2.37. The maximum Gasteiger partial charge on any atom is 0.161 e. The largest absolute Gasteiger partial charge is 0.504 e. The van der Waals surface area contributed by atoms with Crippen molar-refractivity contribution in [2.75, 3.05) is 13.2 Å². The molecule has 0 amide bonds. The van der Waals surface area contributed by atoms with Crippen LogP contribution in [-0.4, -0.2) is 23.4 Å². The number of halogens is 1. The quantitative estimate of drug-likeness (QED) is 0.675. The van der Waals surface area contributed by atoms with Crippen molar-refractivity contribution < 1.29 is 14.9 Å². The molecule has 5 heteroatoms. The van der Waals surface area contributed by atoms with Gasteiger partial charge in [0.2, 0.25) is 0 Å². The molecule has 84 valence electrons. The Morgan fingerprint density at radius 2 is 2.13 bits per heavy atom. The molecule has 0 fully saturated rings. The van der Waals surface area contributed by atoms with E-state index in [9.17, 15) is 10.2 Å². The van der Waals surface area contributed by atoms with Gasteiger partial charge in [0.1, 0.15) is 0 Å². The van der Waals surface area contributed by atoms with Gasteiger partial charge in [0.15, 0.2) is 11.5 Å². The van der Waals surface area contributed by atoms with E-state index in [1.165, 1.54) is 6.07 Å². The molecule has 0 saturated carbocycles. The van der Waals surface area contributed by atoms with Crippen molar-refractivity contribution in [2.24, 2.45) is 5.73 Å². The van der Waals surface area contributed by atoms with E-state index in [1.807, 2.05) is 0 Å². The molecule has 0 spiro atoms. The molecule has 1 aliphatic rings. The Bertz CT molecular complexity index is 357. The first-order chi connectivity index (χ1) is 6.74. The molecule has 1 unspecified atom stereocenters. The molecule has 0 aliphatic carbocycles. The van der Waals surface area contributed by atoms with E-state index in [2.05, 4.69) is 0 Å². The lowest BCUT2D eigenvalue weighted by Gasteiger charge is -2.25. The number of nitrogens with two attached hydrogens (primary N) is 1. The molecular formula is C10H14BrNO3. The maximum atomic E-state index is 9.61. The average molecular weight is 276 g/mol. The number of rotatable bonds is 1. The van der Waals surface area contributed by atoms with Crippen molar-refractivity contribution in [1.82, 2.24) is 0 Å². The fourth-order valence-corrected chi connectivity index (χ4v) is 1.79. The van der Waals surface area contributed by atoms with Crippen molar-refractivity contribution in [1.29, 1.82) is 0 Å². The first kappa shape index (κ1) is 12.3. The molecular weight excluding hydrogens is 262 g/mol. The molecule has 0 aromatic heterocycles. The summed E-state index contributed by atoms with van der Waals surface area (Å²) in [5.74, 6) is -0.120. The van der Waals surface area contributed by atoms with Crippen LogP contribution >= 0.6 is 17.0 Å². The Kier molecular flexibility index (Phi) is 3.96. The lowest BCUT2D eigenvalue weighted by Crippen LogP contribution is -2.22. The first-order valence-corrected chi connectivity index (χ1v) is 4.59. The summed E-state index contributed by atoms with van der Waals surface area (Å²) in [6.45, 7) is 0.920. The summed E-state index contributed by atoms with van der Waals surface area (Å²) in [5, 5.41) is 18.9. The van der Waals surface area contributed by atoms with Crippen molar-refractivity contribution in [3.05, 3.63) is 23.3 Å². The van der Waals surface area contributed by atoms with Crippen LogP contribution in [0, 0.1) is 0 Å². The van der Waals surface area contributed by atoms with Gasteiger partial charge < -0.3 is 20.7 Å². The summed E-state index contributed by atoms with van der Waals surface area (Å²) in [4.78, 5) is 0. The zero-order valence-electron chi connectivity index (χ0n) is 8.14. The molecule has 1 aliphatic heterocycles. The second kappa shape index (κ2) is 4.83. The summed E-state index contributed by atoms with van der Waals surface area (Å²) in [5.41, 5.74) is 7.18. The van der Waals surface area contributed by atoms with Crippen LogP contribution in [0.5, 0.6) is 11.5 Å². The van der Waals surface area contributed by atoms with Crippen LogP contribution in [0.1, 0.15) is 17.2 Å². The number of hydrogen-bond donors (Lipinski definition) is 3. The van der Waals surface area contributed by atoms with Crippen LogP contribution < -0.4 is 5.73 Å². The summed E-state index contributed by atoms with van der Waals surface area (Å²) in [6, 6.07) is 3.21. The van der Waals surface area contributed by atoms with Gasteiger partial charge in [-0.1, -0.05) is 6.07 Å². The number of aromatic hydroxyl groups is 2. The van der Waals surface area contributed by atoms with Gasteiger partial charge in [0.25, 0.3) is 0 Å². The van der Waals surface area contributed by atoms with Gasteiger partial charge in [-0.05, 0) is 18.1 Å². The smallest absolute Gasteiger partial charge is 0.161 e. The van der Waals surface area contributed by atoms with Crippen LogP contribution in [0.25, 0.3) is 0 Å². The number of benzene rings is 1. The number of ether oxygens (including phenoxy) is 1. The Balaban J connectivity index is 0.00000112. The Morgan fingerprint density at radius 1 is 1.40 bits per heavy atom. The van der Waals surface area contributed by atoms with Crippen molar-refractivity contribution in [2.45, 2.75) is 12.5 Å². The molecule has 15 heavy (non-hydrogen) atoms. The van der Waals surface area contributed by atoms with Crippen molar-refractivity contribution >= 4 is 17.0 Å². The van der Waals surface area contributed by atoms with Crippen LogP contribution in [-0.2, 0) is 11.2 Å². The monoisotopic (exact) mass is 275 g/mol. The standard InChI is InChI=1S/C10H13NO3.BrH/c11-5-9-6-1-2-8(12)10(13)7(6)3-4-14-9;/h1-2,9,12-13H,3-5,11H2;1H. The third kappa shape index (κ3) is 2.09. The summed E-state index contributed by atoms with van der Waals surface area (Å²) >= 11 is 0. The second-order valence-electron chi connectivity index (χ2n) is 3.35. The lowest BCUT2D eigenvalue weighted by molar-refractivity contribution is 0.0476. The van der Waals surface area contributed by atoms with E-state index in [4.69, 9.17) is 10.5 Å². The minimum Gasteiger partial charge on any atom is -0.504 e. The lowest BCUT2D eigenvalue weighted by atomic mass is 9.96. The van der Waals surface area contributed by atoms with Gasteiger partial charge in [0, 0.05) is 12.1 Å². The zero-order chi connectivity index (χ0) is 10.1. The predicted octanol–water partition coefficient (Wildman–Crippen LogP) is 1.25. The summed E-state index contributed by atoms with van der Waals surface area (Å²) < 4.78 is 5.43. The van der Waals surface area contributed by atoms with E-state index < -0.39 is 0 Å². The van der Waals surface area contributed by atoms with Crippen LogP contribution in [0.4, 0.5) is 0 Å². The third-order valence-corrected chi connectivity index (χ3v) is 2.53. The number of hydrogen-bond acceptors (Lipinski definition) is 4. The average Bonchev–Trinajstić information content (AvgIpc) is 2.23.